The Morgan fingerprint density at radius 2 is 1.59 bits per heavy atom. The minimum atomic E-state index is -3.76. The summed E-state index contributed by atoms with van der Waals surface area (Å²) in [7, 11) is -7.29. The largest absolute Gasteiger partial charge is 0.326 e. The maximum Gasteiger partial charge on any atom is 0.215 e. The Hall–Kier alpha value is -2.00. The molecule has 0 amide bonds. The quantitative estimate of drug-likeness (QED) is 0.681. The molecule has 0 unspecified atom stereocenters. The Balaban J connectivity index is 2.21. The molecule has 142 valence electrons. The third kappa shape index (κ3) is 3.98. The van der Waals surface area contributed by atoms with Crippen LogP contribution in [0.1, 0.15) is 10.4 Å². The van der Waals surface area contributed by atoms with E-state index >= 15 is 0 Å². The molecule has 0 aliphatic heterocycles. The molecule has 27 heavy (non-hydrogen) atoms. The molecule has 3 aromatic rings. The first-order chi connectivity index (χ1) is 12.6. The van der Waals surface area contributed by atoms with Gasteiger partial charge in [-0.15, -0.1) is 11.3 Å². The van der Waals surface area contributed by atoms with Gasteiger partial charge in [-0.2, -0.15) is 0 Å². The molecule has 8 heteroatoms. The summed E-state index contributed by atoms with van der Waals surface area (Å²) >= 11 is 1.12. The summed E-state index contributed by atoms with van der Waals surface area (Å²) in [6.07, 6.45) is 1.11. The Bertz CT molecular complexity index is 1190. The van der Waals surface area contributed by atoms with Gasteiger partial charge in [-0.1, -0.05) is 29.8 Å². The average molecular weight is 422 g/mol. The van der Waals surface area contributed by atoms with Crippen LogP contribution in [0.3, 0.4) is 0 Å². The molecule has 0 spiro atoms. The van der Waals surface area contributed by atoms with Gasteiger partial charge in [0.1, 0.15) is 4.21 Å². The first-order valence-electron chi connectivity index (χ1n) is 8.08. The van der Waals surface area contributed by atoms with E-state index in [1.807, 2.05) is 19.1 Å². The fraction of sp³-hybridized carbons (Fsp3) is 0.158. The van der Waals surface area contributed by atoms with Gasteiger partial charge in [0, 0.05) is 23.2 Å². The van der Waals surface area contributed by atoms with Crippen molar-refractivity contribution in [1.29, 1.82) is 0 Å². The first kappa shape index (κ1) is 19.8. The molecule has 2 aromatic carbocycles. The highest BCUT2D eigenvalue weighted by molar-refractivity contribution is 7.93. The number of rotatable bonds is 5. The molecule has 0 saturated heterocycles. The molecular formula is C19H19NO4S3. The summed E-state index contributed by atoms with van der Waals surface area (Å²) in [5.74, 6) is 0. The van der Waals surface area contributed by atoms with Crippen LogP contribution in [0.2, 0.25) is 0 Å². The third-order valence-electron chi connectivity index (χ3n) is 4.13. The van der Waals surface area contributed by atoms with Crippen molar-refractivity contribution in [3.8, 4) is 11.1 Å². The van der Waals surface area contributed by atoms with Crippen molar-refractivity contribution in [1.82, 2.24) is 0 Å². The van der Waals surface area contributed by atoms with Crippen molar-refractivity contribution in [3.63, 3.8) is 0 Å². The molecule has 1 heterocycles. The summed E-state index contributed by atoms with van der Waals surface area (Å²) in [5, 5.41) is 0. The van der Waals surface area contributed by atoms with E-state index in [0.29, 0.717) is 11.1 Å². The zero-order chi connectivity index (χ0) is 19.8. The molecule has 2 N–H and O–H groups in total. The third-order valence-corrected chi connectivity index (χ3v) is 8.63. The van der Waals surface area contributed by atoms with E-state index in [2.05, 4.69) is 0 Å². The molecule has 0 saturated carbocycles. The second kappa shape index (κ2) is 7.20. The van der Waals surface area contributed by atoms with Crippen molar-refractivity contribution >= 4 is 31.0 Å². The summed E-state index contributed by atoms with van der Waals surface area (Å²) < 4.78 is 50.6. The van der Waals surface area contributed by atoms with Crippen molar-refractivity contribution in [2.45, 2.75) is 27.5 Å². The monoisotopic (exact) mass is 421 g/mol. The van der Waals surface area contributed by atoms with Gasteiger partial charge in [-0.05, 0) is 42.8 Å². The van der Waals surface area contributed by atoms with E-state index in [-0.39, 0.29) is 20.5 Å². The van der Waals surface area contributed by atoms with Gasteiger partial charge in [0.25, 0.3) is 0 Å². The van der Waals surface area contributed by atoms with Gasteiger partial charge in [0.15, 0.2) is 9.84 Å². The van der Waals surface area contributed by atoms with Gasteiger partial charge in [-0.3, -0.25) is 0 Å². The lowest BCUT2D eigenvalue weighted by Gasteiger charge is -2.11. The number of hydrogen-bond donors (Lipinski definition) is 1. The minimum absolute atomic E-state index is 0.0518. The van der Waals surface area contributed by atoms with Crippen LogP contribution in [0.4, 0.5) is 0 Å². The van der Waals surface area contributed by atoms with E-state index in [1.165, 1.54) is 24.3 Å². The van der Waals surface area contributed by atoms with Crippen LogP contribution in [-0.4, -0.2) is 23.1 Å². The molecule has 0 fully saturated rings. The van der Waals surface area contributed by atoms with Gasteiger partial charge in [0.05, 0.1) is 9.79 Å². The van der Waals surface area contributed by atoms with Crippen molar-refractivity contribution in [2.24, 2.45) is 5.73 Å². The standard InChI is InChI=1S/C19H19NO4S3/c1-13-3-5-14(6-4-13)17-11-16(8-9-18(17)26(2,21)22)27(23,24)19-10-7-15(12-20)25-19/h3-11H,12,20H2,1-2H3. The Morgan fingerprint density at radius 3 is 2.15 bits per heavy atom. The van der Waals surface area contributed by atoms with Crippen molar-refractivity contribution in [3.05, 3.63) is 65.0 Å². The zero-order valence-electron chi connectivity index (χ0n) is 14.8. The van der Waals surface area contributed by atoms with E-state index < -0.39 is 19.7 Å². The lowest BCUT2D eigenvalue weighted by atomic mass is 10.0. The van der Waals surface area contributed by atoms with Gasteiger partial charge >= 0.3 is 0 Å². The molecule has 0 bridgehead atoms. The van der Waals surface area contributed by atoms with Crippen LogP contribution in [0.25, 0.3) is 11.1 Å². The molecule has 0 aliphatic carbocycles. The predicted octanol–water partition coefficient (Wildman–Crippen LogP) is 3.42. The molecule has 1 aromatic heterocycles. The number of thiophene rings is 1. The van der Waals surface area contributed by atoms with Gasteiger partial charge in [0.2, 0.25) is 9.84 Å². The van der Waals surface area contributed by atoms with Crippen LogP contribution < -0.4 is 5.73 Å². The van der Waals surface area contributed by atoms with E-state index in [1.54, 1.807) is 18.2 Å². The number of aryl methyl sites for hydroxylation is 1. The SMILES string of the molecule is Cc1ccc(-c2cc(S(=O)(=O)c3ccc(CN)s3)ccc2S(C)(=O)=O)cc1. The fourth-order valence-electron chi connectivity index (χ4n) is 2.69. The Morgan fingerprint density at radius 1 is 0.926 bits per heavy atom. The van der Waals surface area contributed by atoms with E-state index in [4.69, 9.17) is 5.73 Å². The number of benzene rings is 2. The summed E-state index contributed by atoms with van der Waals surface area (Å²) in [4.78, 5) is 0.912. The molecule has 3 rings (SSSR count). The van der Waals surface area contributed by atoms with Gasteiger partial charge < -0.3 is 5.73 Å². The van der Waals surface area contributed by atoms with Crippen LogP contribution in [0.5, 0.6) is 0 Å². The molecule has 0 radical (unpaired) electrons. The topological polar surface area (TPSA) is 94.3 Å². The Kier molecular flexibility index (Phi) is 5.27. The summed E-state index contributed by atoms with van der Waals surface area (Å²) in [6.45, 7) is 2.19. The Labute approximate surface area is 163 Å². The summed E-state index contributed by atoms with van der Waals surface area (Å²) in [6, 6.07) is 14.6. The molecular weight excluding hydrogens is 402 g/mol. The lowest BCUT2D eigenvalue weighted by Crippen LogP contribution is -2.04. The van der Waals surface area contributed by atoms with Crippen LogP contribution >= 0.6 is 11.3 Å². The second-order valence-corrected chi connectivity index (χ2v) is 11.6. The highest BCUT2D eigenvalue weighted by atomic mass is 32.2. The number of nitrogens with two attached hydrogens (primary N) is 1. The van der Waals surface area contributed by atoms with Crippen LogP contribution in [0, 0.1) is 6.92 Å². The smallest absolute Gasteiger partial charge is 0.215 e. The number of hydrogen-bond acceptors (Lipinski definition) is 6. The lowest BCUT2D eigenvalue weighted by molar-refractivity contribution is 0.596. The second-order valence-electron chi connectivity index (χ2n) is 6.22. The average Bonchev–Trinajstić information content (AvgIpc) is 3.11. The zero-order valence-corrected chi connectivity index (χ0v) is 17.3. The molecule has 5 nitrogen and oxygen atoms in total. The van der Waals surface area contributed by atoms with E-state index in [9.17, 15) is 16.8 Å². The highest BCUT2D eigenvalue weighted by Gasteiger charge is 2.23. The summed E-state index contributed by atoms with van der Waals surface area (Å²) in [5.41, 5.74) is 7.61. The van der Waals surface area contributed by atoms with E-state index in [0.717, 1.165) is 28.0 Å². The maximum atomic E-state index is 13.0. The van der Waals surface area contributed by atoms with Crippen LogP contribution in [-0.2, 0) is 26.2 Å². The molecule has 0 atom stereocenters. The first-order valence-corrected chi connectivity index (χ1v) is 12.3. The fourth-order valence-corrected chi connectivity index (χ4v) is 6.24. The van der Waals surface area contributed by atoms with Crippen LogP contribution in [0.15, 0.2) is 68.6 Å². The minimum Gasteiger partial charge on any atom is -0.326 e. The van der Waals surface area contributed by atoms with Crippen molar-refractivity contribution < 1.29 is 16.8 Å². The highest BCUT2D eigenvalue weighted by Crippen LogP contribution is 2.34. The maximum absolute atomic E-state index is 13.0. The number of sulfone groups is 2. The molecule has 0 aliphatic rings. The van der Waals surface area contributed by atoms with Crippen molar-refractivity contribution in [2.75, 3.05) is 6.26 Å². The van der Waals surface area contributed by atoms with Gasteiger partial charge in [-0.25, -0.2) is 16.8 Å². The normalized spacial score (nSPS) is 12.3. The predicted molar refractivity (Wildman–Crippen MR) is 107 cm³/mol.